The van der Waals surface area contributed by atoms with Gasteiger partial charge in [-0.1, -0.05) is 35.3 Å². The number of anilines is 2. The van der Waals surface area contributed by atoms with Crippen molar-refractivity contribution in [2.24, 2.45) is 0 Å². The Labute approximate surface area is 185 Å². The predicted molar refractivity (Wildman–Crippen MR) is 115 cm³/mol. The van der Waals surface area contributed by atoms with E-state index in [2.05, 4.69) is 25.3 Å². The molecular formula is C20H14Cl2FN7O. The maximum Gasteiger partial charge on any atom is 0.275 e. The molecule has 5 rings (SSSR count). The lowest BCUT2D eigenvalue weighted by Crippen LogP contribution is -2.17. The van der Waals surface area contributed by atoms with Crippen LogP contribution in [0, 0.1) is 5.82 Å². The average Bonchev–Trinajstić information content (AvgIpc) is 3.34. The predicted octanol–water partition coefficient (Wildman–Crippen LogP) is 4.16. The summed E-state index contributed by atoms with van der Waals surface area (Å²) in [6, 6.07) is 7.56. The molecule has 0 unspecified atom stereocenters. The first-order valence-corrected chi connectivity index (χ1v) is 10.1. The van der Waals surface area contributed by atoms with Crippen LogP contribution in [0.1, 0.15) is 6.42 Å². The second kappa shape index (κ2) is 7.75. The van der Waals surface area contributed by atoms with E-state index in [9.17, 15) is 9.18 Å². The zero-order valence-electron chi connectivity index (χ0n) is 15.9. The number of hydrogen-bond donors (Lipinski definition) is 1. The highest BCUT2D eigenvalue weighted by atomic mass is 35.5. The molecule has 0 fully saturated rings. The zero-order chi connectivity index (χ0) is 21.5. The van der Waals surface area contributed by atoms with E-state index in [1.165, 1.54) is 18.5 Å². The van der Waals surface area contributed by atoms with Crippen molar-refractivity contribution in [3.8, 4) is 22.5 Å². The fourth-order valence-corrected chi connectivity index (χ4v) is 4.07. The second-order valence-corrected chi connectivity index (χ2v) is 7.57. The number of halogens is 3. The number of nitrogens with one attached hydrogen (secondary N) is 1. The summed E-state index contributed by atoms with van der Waals surface area (Å²) in [6.07, 6.45) is 3.66. The number of benzene rings is 1. The van der Waals surface area contributed by atoms with Gasteiger partial charge < -0.3 is 5.32 Å². The van der Waals surface area contributed by atoms with Crippen LogP contribution in [0.2, 0.25) is 10.3 Å². The zero-order valence-corrected chi connectivity index (χ0v) is 17.4. The van der Waals surface area contributed by atoms with Crippen LogP contribution in [0.3, 0.4) is 0 Å². The molecule has 1 aliphatic rings. The van der Waals surface area contributed by atoms with Gasteiger partial charge in [-0.3, -0.25) is 9.48 Å². The van der Waals surface area contributed by atoms with Crippen LogP contribution in [0.15, 0.2) is 47.7 Å². The van der Waals surface area contributed by atoms with Crippen molar-refractivity contribution in [1.29, 1.82) is 0 Å². The summed E-state index contributed by atoms with van der Waals surface area (Å²) in [4.78, 5) is 29.7. The van der Waals surface area contributed by atoms with Crippen molar-refractivity contribution < 1.29 is 4.39 Å². The number of aromatic nitrogens is 6. The molecule has 4 heterocycles. The van der Waals surface area contributed by atoms with E-state index < -0.39 is 0 Å². The molecule has 8 nitrogen and oxygen atoms in total. The van der Waals surface area contributed by atoms with Gasteiger partial charge in [-0.25, -0.2) is 29.0 Å². The van der Waals surface area contributed by atoms with E-state index in [1.807, 2.05) is 4.68 Å². The van der Waals surface area contributed by atoms with Gasteiger partial charge >= 0.3 is 0 Å². The molecule has 3 aromatic heterocycles. The lowest BCUT2D eigenvalue weighted by atomic mass is 10.0. The standard InChI is InChI=1S/C20H14Cl2FN7O/c21-17-15(18(22)26-10-25-17)28-20-24-7-6-13(27-20)16-14(11-2-4-12(23)5-3-11)19(31)30-9-1-8-29(16)30/h2-7,10H,1,8-9H2,(H,24,27,28). The van der Waals surface area contributed by atoms with Gasteiger partial charge in [0.05, 0.1) is 17.0 Å². The minimum absolute atomic E-state index is 0.127. The highest BCUT2D eigenvalue weighted by molar-refractivity contribution is 6.37. The molecule has 31 heavy (non-hydrogen) atoms. The first-order chi connectivity index (χ1) is 15.0. The van der Waals surface area contributed by atoms with Gasteiger partial charge in [-0.2, -0.15) is 0 Å². The third kappa shape index (κ3) is 3.45. The smallest absolute Gasteiger partial charge is 0.275 e. The molecule has 1 aromatic carbocycles. The number of fused-ring (bicyclic) bond motifs is 1. The molecule has 156 valence electrons. The molecule has 0 bridgehead atoms. The van der Waals surface area contributed by atoms with E-state index in [0.29, 0.717) is 35.6 Å². The monoisotopic (exact) mass is 457 g/mol. The largest absolute Gasteiger partial charge is 0.319 e. The summed E-state index contributed by atoms with van der Waals surface area (Å²) in [6.45, 7) is 1.28. The van der Waals surface area contributed by atoms with Crippen LogP contribution >= 0.6 is 23.2 Å². The fraction of sp³-hybridized carbons (Fsp3) is 0.150. The molecule has 1 aliphatic heterocycles. The average molecular weight is 458 g/mol. The molecule has 0 radical (unpaired) electrons. The molecule has 0 atom stereocenters. The van der Waals surface area contributed by atoms with Crippen molar-refractivity contribution in [2.75, 3.05) is 5.32 Å². The Balaban J connectivity index is 1.64. The Kier molecular flexibility index (Phi) is 4.91. The van der Waals surface area contributed by atoms with Crippen LogP contribution in [0.4, 0.5) is 16.0 Å². The Bertz CT molecular complexity index is 1330. The van der Waals surface area contributed by atoms with E-state index in [0.717, 1.165) is 6.42 Å². The second-order valence-electron chi connectivity index (χ2n) is 6.86. The lowest BCUT2D eigenvalue weighted by molar-refractivity contribution is 0.599. The van der Waals surface area contributed by atoms with Crippen LogP contribution in [-0.4, -0.2) is 29.3 Å². The van der Waals surface area contributed by atoms with Crippen LogP contribution < -0.4 is 10.9 Å². The van der Waals surface area contributed by atoms with E-state index in [1.54, 1.807) is 29.1 Å². The molecule has 0 saturated carbocycles. The Morgan fingerprint density at radius 1 is 0.968 bits per heavy atom. The van der Waals surface area contributed by atoms with Crippen molar-refractivity contribution >= 4 is 34.8 Å². The Hall–Kier alpha value is -3.30. The SMILES string of the molecule is O=c1c(-c2ccc(F)cc2)c(-c2ccnc(Nc3c(Cl)ncnc3Cl)n2)n2n1CCC2. The minimum Gasteiger partial charge on any atom is -0.319 e. The van der Waals surface area contributed by atoms with Gasteiger partial charge in [0.2, 0.25) is 5.95 Å². The minimum atomic E-state index is -0.371. The highest BCUT2D eigenvalue weighted by Crippen LogP contribution is 2.33. The summed E-state index contributed by atoms with van der Waals surface area (Å²) in [5, 5.41) is 3.19. The third-order valence-corrected chi connectivity index (χ3v) is 5.57. The van der Waals surface area contributed by atoms with Gasteiger partial charge in [-0.05, 0) is 30.2 Å². The molecule has 0 amide bonds. The lowest BCUT2D eigenvalue weighted by Gasteiger charge is -2.11. The molecule has 0 spiro atoms. The van der Waals surface area contributed by atoms with Crippen molar-refractivity contribution in [1.82, 2.24) is 29.3 Å². The van der Waals surface area contributed by atoms with Crippen molar-refractivity contribution in [3.05, 3.63) is 69.3 Å². The number of nitrogens with zero attached hydrogens (tertiary/aromatic N) is 6. The Morgan fingerprint density at radius 2 is 1.68 bits per heavy atom. The van der Waals surface area contributed by atoms with Gasteiger partial charge in [0.1, 0.15) is 17.8 Å². The topological polar surface area (TPSA) is 90.5 Å². The Morgan fingerprint density at radius 3 is 2.42 bits per heavy atom. The van der Waals surface area contributed by atoms with E-state index >= 15 is 0 Å². The molecule has 4 aromatic rings. The van der Waals surface area contributed by atoms with Crippen LogP contribution in [0.25, 0.3) is 22.5 Å². The molecule has 0 saturated heterocycles. The summed E-state index contributed by atoms with van der Waals surface area (Å²) in [7, 11) is 0. The molecule has 0 aliphatic carbocycles. The fourth-order valence-electron chi connectivity index (χ4n) is 3.66. The quantitative estimate of drug-likeness (QED) is 0.462. The van der Waals surface area contributed by atoms with Crippen molar-refractivity contribution in [2.45, 2.75) is 19.5 Å². The van der Waals surface area contributed by atoms with Gasteiger partial charge in [0.15, 0.2) is 10.3 Å². The van der Waals surface area contributed by atoms with Crippen molar-refractivity contribution in [3.63, 3.8) is 0 Å². The number of hydrogen-bond acceptors (Lipinski definition) is 6. The van der Waals surface area contributed by atoms with E-state index in [4.69, 9.17) is 23.2 Å². The molecule has 11 heteroatoms. The summed E-state index contributed by atoms with van der Waals surface area (Å²) < 4.78 is 17.0. The molecular weight excluding hydrogens is 444 g/mol. The summed E-state index contributed by atoms with van der Waals surface area (Å²) >= 11 is 12.2. The summed E-state index contributed by atoms with van der Waals surface area (Å²) in [5.41, 5.74) is 2.38. The number of rotatable bonds is 4. The normalized spacial score (nSPS) is 12.7. The van der Waals surface area contributed by atoms with E-state index in [-0.39, 0.29) is 33.3 Å². The maximum absolute atomic E-state index is 13.5. The maximum atomic E-state index is 13.5. The van der Waals surface area contributed by atoms with Crippen LogP contribution in [0.5, 0.6) is 0 Å². The first-order valence-electron chi connectivity index (χ1n) is 9.39. The third-order valence-electron chi connectivity index (χ3n) is 5.00. The van der Waals surface area contributed by atoms with Crippen LogP contribution in [-0.2, 0) is 13.1 Å². The highest BCUT2D eigenvalue weighted by Gasteiger charge is 2.26. The molecule has 1 N–H and O–H groups in total. The van der Waals surface area contributed by atoms with Gasteiger partial charge in [0.25, 0.3) is 5.56 Å². The first kappa shape index (κ1) is 19.7. The van der Waals surface area contributed by atoms with Gasteiger partial charge in [-0.15, -0.1) is 0 Å². The summed E-state index contributed by atoms with van der Waals surface area (Å²) in [5.74, 6) is -0.156. The van der Waals surface area contributed by atoms with Gasteiger partial charge in [0, 0.05) is 19.3 Å².